The minimum absolute atomic E-state index is 0.0789. The first-order chi connectivity index (χ1) is 10.6. The molecule has 2 atom stereocenters. The summed E-state index contributed by atoms with van der Waals surface area (Å²) in [5.41, 5.74) is 10.1. The van der Waals surface area contributed by atoms with Crippen LogP contribution >= 0.6 is 11.6 Å². The Balaban J connectivity index is 1.88. The van der Waals surface area contributed by atoms with Crippen LogP contribution in [0, 0.1) is 0 Å². The lowest BCUT2D eigenvalue weighted by atomic mass is 9.96. The number of hydrogen-bond acceptors (Lipinski definition) is 2. The fraction of sp³-hybridized carbons (Fsp3) is 0.263. The van der Waals surface area contributed by atoms with Crippen LogP contribution < -0.4 is 10.6 Å². The van der Waals surface area contributed by atoms with Crippen LogP contribution in [0.2, 0.25) is 5.02 Å². The van der Waals surface area contributed by atoms with Gasteiger partial charge in [-0.15, -0.1) is 0 Å². The van der Waals surface area contributed by atoms with Gasteiger partial charge in [0.2, 0.25) is 0 Å². The Hall–Kier alpha value is -1.77. The topological polar surface area (TPSA) is 29.3 Å². The number of para-hydroxylation sites is 1. The van der Waals surface area contributed by atoms with E-state index in [4.69, 9.17) is 17.3 Å². The third-order valence-electron chi connectivity index (χ3n) is 4.21. The molecule has 2 N–H and O–H groups in total. The molecular formula is C19H21ClN2. The van der Waals surface area contributed by atoms with E-state index in [1.807, 2.05) is 12.1 Å². The van der Waals surface area contributed by atoms with Crippen molar-refractivity contribution < 1.29 is 0 Å². The van der Waals surface area contributed by atoms with Crippen molar-refractivity contribution in [1.29, 1.82) is 0 Å². The molecule has 0 radical (unpaired) electrons. The zero-order chi connectivity index (χ0) is 15.5. The molecule has 3 rings (SSSR count). The Morgan fingerprint density at radius 2 is 1.86 bits per heavy atom. The Kier molecular flexibility index (Phi) is 4.51. The third-order valence-corrected chi connectivity index (χ3v) is 4.46. The number of halogens is 1. The molecule has 2 nitrogen and oxygen atoms in total. The highest BCUT2D eigenvalue weighted by molar-refractivity contribution is 6.30. The van der Waals surface area contributed by atoms with E-state index in [0.717, 1.165) is 18.0 Å². The van der Waals surface area contributed by atoms with Crippen LogP contribution in [-0.2, 0) is 6.42 Å². The first-order valence-corrected chi connectivity index (χ1v) is 8.05. The van der Waals surface area contributed by atoms with Crippen LogP contribution in [0.5, 0.6) is 0 Å². The second-order valence-electron chi connectivity index (χ2n) is 5.87. The molecule has 0 saturated carbocycles. The molecule has 2 aromatic carbocycles. The van der Waals surface area contributed by atoms with Crippen molar-refractivity contribution in [3.05, 3.63) is 70.8 Å². The highest BCUT2D eigenvalue weighted by atomic mass is 35.5. The highest BCUT2D eigenvalue weighted by Crippen LogP contribution is 2.29. The summed E-state index contributed by atoms with van der Waals surface area (Å²) < 4.78 is 0. The van der Waals surface area contributed by atoms with E-state index in [2.05, 4.69) is 60.4 Å². The van der Waals surface area contributed by atoms with Crippen molar-refractivity contribution in [2.75, 3.05) is 11.4 Å². The van der Waals surface area contributed by atoms with Gasteiger partial charge < -0.3 is 10.6 Å². The number of hydrogen-bond donors (Lipinski definition) is 1. The van der Waals surface area contributed by atoms with Crippen LogP contribution in [0.15, 0.2) is 54.6 Å². The van der Waals surface area contributed by atoms with Crippen LogP contribution in [0.3, 0.4) is 0 Å². The smallest absolute Gasteiger partial charge is 0.0482 e. The SMILES string of the molecule is CC(N)C(Cc1ccc(Cl)cc1)N1CC=Cc2ccccc21. The van der Waals surface area contributed by atoms with Crippen molar-refractivity contribution in [3.63, 3.8) is 0 Å². The summed E-state index contributed by atoms with van der Waals surface area (Å²) in [4.78, 5) is 2.41. The lowest BCUT2D eigenvalue weighted by molar-refractivity contribution is 0.518. The van der Waals surface area contributed by atoms with Gasteiger partial charge in [-0.2, -0.15) is 0 Å². The van der Waals surface area contributed by atoms with Gasteiger partial charge >= 0.3 is 0 Å². The summed E-state index contributed by atoms with van der Waals surface area (Å²) >= 11 is 5.98. The van der Waals surface area contributed by atoms with Gasteiger partial charge in [0, 0.05) is 29.3 Å². The van der Waals surface area contributed by atoms with Crippen molar-refractivity contribution in [2.45, 2.75) is 25.4 Å². The van der Waals surface area contributed by atoms with Gasteiger partial charge in [0.15, 0.2) is 0 Å². The highest BCUT2D eigenvalue weighted by Gasteiger charge is 2.25. The fourth-order valence-electron chi connectivity index (χ4n) is 3.04. The van der Waals surface area contributed by atoms with Gasteiger partial charge in [0.25, 0.3) is 0 Å². The molecule has 0 spiro atoms. The van der Waals surface area contributed by atoms with Crippen LogP contribution in [0.25, 0.3) is 6.08 Å². The van der Waals surface area contributed by atoms with E-state index >= 15 is 0 Å². The largest absolute Gasteiger partial charge is 0.362 e. The number of fused-ring (bicyclic) bond motifs is 1. The molecule has 1 aliphatic rings. The number of anilines is 1. The van der Waals surface area contributed by atoms with E-state index in [-0.39, 0.29) is 12.1 Å². The summed E-state index contributed by atoms with van der Waals surface area (Å²) in [6.07, 6.45) is 5.31. The minimum Gasteiger partial charge on any atom is -0.362 e. The molecule has 1 aliphatic heterocycles. The lowest BCUT2D eigenvalue weighted by Crippen LogP contribution is -2.49. The van der Waals surface area contributed by atoms with Gasteiger partial charge in [-0.05, 0) is 42.7 Å². The lowest BCUT2D eigenvalue weighted by Gasteiger charge is -2.38. The Labute approximate surface area is 137 Å². The Bertz CT molecular complexity index is 661. The molecule has 0 aliphatic carbocycles. The first-order valence-electron chi connectivity index (χ1n) is 7.67. The number of nitrogens with zero attached hydrogens (tertiary/aromatic N) is 1. The fourth-order valence-corrected chi connectivity index (χ4v) is 3.16. The molecule has 0 fully saturated rings. The summed E-state index contributed by atoms with van der Waals surface area (Å²) in [6, 6.07) is 16.9. The van der Waals surface area contributed by atoms with Gasteiger partial charge in [-0.25, -0.2) is 0 Å². The maximum atomic E-state index is 6.31. The van der Waals surface area contributed by atoms with E-state index in [1.165, 1.54) is 16.8 Å². The second-order valence-corrected chi connectivity index (χ2v) is 6.31. The summed E-state index contributed by atoms with van der Waals surface area (Å²) in [7, 11) is 0. The Morgan fingerprint density at radius 3 is 2.59 bits per heavy atom. The van der Waals surface area contributed by atoms with E-state index < -0.39 is 0 Å². The van der Waals surface area contributed by atoms with Crippen molar-refractivity contribution in [3.8, 4) is 0 Å². The zero-order valence-corrected chi connectivity index (χ0v) is 13.5. The molecule has 0 aromatic heterocycles. The molecule has 0 amide bonds. The van der Waals surface area contributed by atoms with Crippen molar-refractivity contribution in [2.24, 2.45) is 5.73 Å². The predicted molar refractivity (Wildman–Crippen MR) is 95.4 cm³/mol. The molecule has 3 heteroatoms. The number of rotatable bonds is 4. The van der Waals surface area contributed by atoms with Crippen molar-refractivity contribution in [1.82, 2.24) is 0 Å². The summed E-state index contributed by atoms with van der Waals surface area (Å²) in [5, 5.41) is 0.771. The van der Waals surface area contributed by atoms with Crippen LogP contribution in [0.4, 0.5) is 5.69 Å². The molecule has 1 heterocycles. The van der Waals surface area contributed by atoms with E-state index in [1.54, 1.807) is 0 Å². The summed E-state index contributed by atoms with van der Waals surface area (Å²) in [5.74, 6) is 0. The predicted octanol–water partition coefficient (Wildman–Crippen LogP) is 4.13. The van der Waals surface area contributed by atoms with Gasteiger partial charge in [0.1, 0.15) is 0 Å². The molecule has 2 unspecified atom stereocenters. The maximum Gasteiger partial charge on any atom is 0.0482 e. The zero-order valence-electron chi connectivity index (χ0n) is 12.7. The van der Waals surface area contributed by atoms with E-state index in [9.17, 15) is 0 Å². The maximum absolute atomic E-state index is 6.31. The van der Waals surface area contributed by atoms with Crippen molar-refractivity contribution >= 4 is 23.4 Å². The first kappa shape index (κ1) is 15.1. The average Bonchev–Trinajstić information content (AvgIpc) is 2.54. The quantitative estimate of drug-likeness (QED) is 0.919. The average molecular weight is 313 g/mol. The molecule has 0 bridgehead atoms. The third kappa shape index (κ3) is 3.18. The van der Waals surface area contributed by atoms with E-state index in [0.29, 0.717) is 0 Å². The molecule has 0 saturated heterocycles. The number of benzene rings is 2. The minimum atomic E-state index is 0.0789. The monoisotopic (exact) mass is 312 g/mol. The Morgan fingerprint density at radius 1 is 1.14 bits per heavy atom. The second kappa shape index (κ2) is 6.55. The molecule has 2 aromatic rings. The van der Waals surface area contributed by atoms with Gasteiger partial charge in [-0.1, -0.05) is 54.1 Å². The normalized spacial score (nSPS) is 16.2. The van der Waals surface area contributed by atoms with Crippen LogP contribution in [0.1, 0.15) is 18.1 Å². The standard InChI is InChI=1S/C19H21ClN2/c1-14(21)19(13-15-8-10-17(20)11-9-15)22-12-4-6-16-5-2-3-7-18(16)22/h2-11,14,19H,12-13,21H2,1H3. The summed E-state index contributed by atoms with van der Waals surface area (Å²) in [6.45, 7) is 2.98. The van der Waals surface area contributed by atoms with Gasteiger partial charge in [0.05, 0.1) is 0 Å². The number of nitrogens with two attached hydrogens (primary N) is 1. The molecule has 114 valence electrons. The van der Waals surface area contributed by atoms with Gasteiger partial charge in [-0.3, -0.25) is 0 Å². The molecule has 22 heavy (non-hydrogen) atoms. The van der Waals surface area contributed by atoms with Crippen LogP contribution in [-0.4, -0.2) is 18.6 Å². The molecular weight excluding hydrogens is 292 g/mol.